The van der Waals surface area contributed by atoms with Crippen molar-refractivity contribution in [1.29, 1.82) is 0 Å². The number of nitrogens with zero attached hydrogens (tertiary/aromatic N) is 2. The topological polar surface area (TPSA) is 53.2 Å². The number of hydrogen-bond acceptors (Lipinski definition) is 3. The minimum absolute atomic E-state index is 0.0382. The highest BCUT2D eigenvalue weighted by Gasteiger charge is 2.32. The molecule has 0 amide bonds. The average Bonchev–Trinajstić information content (AvgIpc) is 2.59. The highest BCUT2D eigenvalue weighted by molar-refractivity contribution is 9.10. The Bertz CT molecular complexity index is 1150. The number of ether oxygens (including phenoxy) is 1. The average molecular weight is 419 g/mol. The molecule has 4 rings (SSSR count). The van der Waals surface area contributed by atoms with Crippen molar-refractivity contribution in [3.05, 3.63) is 73.1 Å². The number of rotatable bonds is 2. The molecule has 0 saturated carbocycles. The lowest BCUT2D eigenvalue weighted by atomic mass is 10.1. The van der Waals surface area contributed by atoms with Crippen molar-refractivity contribution in [2.75, 3.05) is 0 Å². The van der Waals surface area contributed by atoms with Gasteiger partial charge in [0.15, 0.2) is 11.6 Å². The lowest BCUT2D eigenvalue weighted by Crippen LogP contribution is -2.47. The molecule has 7 heteroatoms. The van der Waals surface area contributed by atoms with Gasteiger partial charge in [-0.15, -0.1) is 0 Å². The number of halogens is 2. The van der Waals surface area contributed by atoms with Crippen molar-refractivity contribution < 1.29 is 9.13 Å². The van der Waals surface area contributed by atoms with Gasteiger partial charge in [-0.1, -0.05) is 28.1 Å². The zero-order valence-corrected chi connectivity index (χ0v) is 15.8. The molecule has 0 radical (unpaired) electrons. The van der Waals surface area contributed by atoms with Gasteiger partial charge in [-0.05, 0) is 43.7 Å². The molecule has 0 bridgehead atoms. The molecule has 0 atom stereocenters. The molecule has 1 aliphatic heterocycles. The maximum atomic E-state index is 14.3. The first-order chi connectivity index (χ1) is 12.3. The lowest BCUT2D eigenvalue weighted by molar-refractivity contribution is 0.0736. The molecule has 26 heavy (non-hydrogen) atoms. The second-order valence-electron chi connectivity index (χ2n) is 7.02. The molecule has 1 aliphatic rings. The molecule has 0 saturated heterocycles. The van der Waals surface area contributed by atoms with Gasteiger partial charge in [0.05, 0.1) is 18.5 Å². The van der Waals surface area contributed by atoms with Gasteiger partial charge >= 0.3 is 5.69 Å². The van der Waals surface area contributed by atoms with E-state index in [0.29, 0.717) is 0 Å². The summed E-state index contributed by atoms with van der Waals surface area (Å²) in [5, 5.41) is 0.272. The quantitative estimate of drug-likeness (QED) is 0.641. The van der Waals surface area contributed by atoms with E-state index in [4.69, 9.17) is 4.74 Å². The van der Waals surface area contributed by atoms with E-state index in [-0.39, 0.29) is 29.7 Å². The smallest absolute Gasteiger partial charge is 0.332 e. The highest BCUT2D eigenvalue weighted by Crippen LogP contribution is 2.34. The predicted molar refractivity (Wildman–Crippen MR) is 100 cm³/mol. The maximum absolute atomic E-state index is 14.3. The summed E-state index contributed by atoms with van der Waals surface area (Å²) in [5.41, 5.74) is -0.617. The van der Waals surface area contributed by atoms with E-state index in [0.717, 1.165) is 10.0 Å². The molecule has 5 nitrogen and oxygen atoms in total. The van der Waals surface area contributed by atoms with E-state index >= 15 is 0 Å². The predicted octanol–water partition coefficient (Wildman–Crippen LogP) is 3.28. The largest absolute Gasteiger partial charge is 0.481 e. The second kappa shape index (κ2) is 5.81. The van der Waals surface area contributed by atoms with Crippen LogP contribution in [0.4, 0.5) is 4.39 Å². The number of benzene rings is 2. The van der Waals surface area contributed by atoms with Crippen molar-refractivity contribution in [3.63, 3.8) is 0 Å². The zero-order valence-electron chi connectivity index (χ0n) is 14.3. The van der Waals surface area contributed by atoms with Crippen molar-refractivity contribution in [3.8, 4) is 5.75 Å². The Labute approximate surface area is 156 Å². The van der Waals surface area contributed by atoms with Crippen LogP contribution >= 0.6 is 15.9 Å². The molecule has 2 aromatic carbocycles. The SMILES string of the molecule is CC1(C)Cn2c(=O)n(Cc3ccc(Br)cc3)c(=O)c3ccc(F)c(c32)O1. The number of aromatic nitrogens is 2. The van der Waals surface area contributed by atoms with Gasteiger partial charge in [0.2, 0.25) is 0 Å². The van der Waals surface area contributed by atoms with Gasteiger partial charge in [0, 0.05) is 4.47 Å². The van der Waals surface area contributed by atoms with Crippen molar-refractivity contribution in [2.45, 2.75) is 32.5 Å². The summed E-state index contributed by atoms with van der Waals surface area (Å²) < 4.78 is 23.5. The molecule has 0 aliphatic carbocycles. The van der Waals surface area contributed by atoms with Crippen LogP contribution in [0.1, 0.15) is 19.4 Å². The fourth-order valence-corrected chi connectivity index (χ4v) is 3.57. The summed E-state index contributed by atoms with van der Waals surface area (Å²) in [6, 6.07) is 10.0. The molecule has 0 spiro atoms. The Hall–Kier alpha value is -2.41. The van der Waals surface area contributed by atoms with E-state index < -0.39 is 22.7 Å². The summed E-state index contributed by atoms with van der Waals surface area (Å²) in [7, 11) is 0. The van der Waals surface area contributed by atoms with Crippen LogP contribution in [-0.2, 0) is 13.1 Å². The van der Waals surface area contributed by atoms with E-state index in [1.807, 2.05) is 24.3 Å². The molecule has 3 aromatic rings. The van der Waals surface area contributed by atoms with Gasteiger partial charge in [-0.2, -0.15) is 0 Å². The highest BCUT2D eigenvalue weighted by atomic mass is 79.9. The molecule has 134 valence electrons. The summed E-state index contributed by atoms with van der Waals surface area (Å²) in [6.07, 6.45) is 0. The summed E-state index contributed by atoms with van der Waals surface area (Å²) in [6.45, 7) is 3.95. The zero-order chi connectivity index (χ0) is 18.6. The Balaban J connectivity index is 2.00. The molecule has 0 fully saturated rings. The fourth-order valence-electron chi connectivity index (χ4n) is 3.31. The molecule has 2 heterocycles. The van der Waals surface area contributed by atoms with Crippen molar-refractivity contribution in [2.24, 2.45) is 0 Å². The van der Waals surface area contributed by atoms with Crippen LogP contribution in [-0.4, -0.2) is 14.7 Å². The third-order valence-corrected chi connectivity index (χ3v) is 4.99. The monoisotopic (exact) mass is 418 g/mol. The summed E-state index contributed by atoms with van der Waals surface area (Å²) >= 11 is 3.37. The van der Waals surface area contributed by atoms with Gasteiger partial charge in [0.25, 0.3) is 5.56 Å². The molecule has 0 N–H and O–H groups in total. The van der Waals surface area contributed by atoms with Crippen molar-refractivity contribution in [1.82, 2.24) is 9.13 Å². The Morgan fingerprint density at radius 1 is 1.15 bits per heavy atom. The Morgan fingerprint density at radius 2 is 1.85 bits per heavy atom. The first-order valence-electron chi connectivity index (χ1n) is 8.16. The molecule has 0 unspecified atom stereocenters. The number of hydrogen-bond donors (Lipinski definition) is 0. The Kier molecular flexibility index (Phi) is 3.80. The van der Waals surface area contributed by atoms with Crippen LogP contribution in [0.15, 0.2) is 50.5 Å². The van der Waals surface area contributed by atoms with Crippen LogP contribution in [0, 0.1) is 5.82 Å². The van der Waals surface area contributed by atoms with Crippen molar-refractivity contribution >= 4 is 26.8 Å². The molecular formula is C19H16BrFN2O3. The summed E-state index contributed by atoms with van der Waals surface area (Å²) in [5.74, 6) is -0.618. The van der Waals surface area contributed by atoms with Crippen LogP contribution in [0.3, 0.4) is 0 Å². The minimum atomic E-state index is -0.758. The normalized spacial score (nSPS) is 15.1. The van der Waals surface area contributed by atoms with Crippen LogP contribution in [0.2, 0.25) is 0 Å². The Morgan fingerprint density at radius 3 is 2.54 bits per heavy atom. The van der Waals surface area contributed by atoms with Crippen LogP contribution in [0.25, 0.3) is 10.9 Å². The third kappa shape index (κ3) is 2.67. The minimum Gasteiger partial charge on any atom is -0.481 e. The maximum Gasteiger partial charge on any atom is 0.332 e. The van der Waals surface area contributed by atoms with E-state index in [1.54, 1.807) is 13.8 Å². The second-order valence-corrected chi connectivity index (χ2v) is 7.94. The van der Waals surface area contributed by atoms with Crippen LogP contribution in [0.5, 0.6) is 5.75 Å². The first-order valence-corrected chi connectivity index (χ1v) is 8.95. The van der Waals surface area contributed by atoms with E-state index in [2.05, 4.69) is 15.9 Å². The molecule has 1 aromatic heterocycles. The van der Waals surface area contributed by atoms with Gasteiger partial charge in [-0.3, -0.25) is 13.9 Å². The lowest BCUT2D eigenvalue weighted by Gasteiger charge is -2.33. The summed E-state index contributed by atoms with van der Waals surface area (Å²) in [4.78, 5) is 25.9. The third-order valence-electron chi connectivity index (χ3n) is 4.46. The van der Waals surface area contributed by atoms with Gasteiger partial charge < -0.3 is 4.74 Å². The first kappa shape index (κ1) is 17.0. The fraction of sp³-hybridized carbons (Fsp3) is 0.263. The van der Waals surface area contributed by atoms with E-state index in [1.165, 1.54) is 21.3 Å². The van der Waals surface area contributed by atoms with Gasteiger partial charge in [0.1, 0.15) is 11.1 Å². The standard InChI is InChI=1S/C19H16BrFN2O3/c1-19(2)10-23-15-13(7-8-14(21)16(15)26-19)17(24)22(18(23)25)9-11-3-5-12(20)6-4-11/h3-8H,9-10H2,1-2H3. The molecular weight excluding hydrogens is 403 g/mol. The van der Waals surface area contributed by atoms with Gasteiger partial charge in [-0.25, -0.2) is 9.18 Å². The van der Waals surface area contributed by atoms with E-state index in [9.17, 15) is 14.0 Å². The van der Waals surface area contributed by atoms with Crippen LogP contribution < -0.4 is 16.0 Å².